The number of nitrogens with two attached hydrogens (primary N) is 2. The second kappa shape index (κ2) is 6.12. The van der Waals surface area contributed by atoms with Crippen molar-refractivity contribution in [3.63, 3.8) is 0 Å². The van der Waals surface area contributed by atoms with Crippen molar-refractivity contribution in [3.8, 4) is 0 Å². The smallest absolute Gasteiger partial charge is 0.267 e. The minimum absolute atomic E-state index is 0.305. The Bertz CT molecular complexity index is 250. The lowest BCUT2D eigenvalue weighted by molar-refractivity contribution is 0.143. The second-order valence-electron chi connectivity index (χ2n) is 4.91. The predicted octanol–water partition coefficient (Wildman–Crippen LogP) is 0.789. The molecule has 0 aromatic rings. The van der Waals surface area contributed by atoms with E-state index in [-0.39, 0.29) is 6.16 Å². The third kappa shape index (κ3) is 5.41. The molecule has 5 nitrogen and oxygen atoms in total. The molecule has 0 amide bonds. The van der Waals surface area contributed by atoms with Gasteiger partial charge in [-0.15, -0.1) is 0 Å². The zero-order valence-electron chi connectivity index (χ0n) is 9.59. The van der Waals surface area contributed by atoms with E-state index in [0.717, 1.165) is 19.3 Å². The Hall–Kier alpha value is 0.0700. The van der Waals surface area contributed by atoms with Crippen LogP contribution in [0.15, 0.2) is 0 Å². The molecule has 0 aromatic carbocycles. The van der Waals surface area contributed by atoms with Crippen LogP contribution in [0.1, 0.15) is 38.5 Å². The summed E-state index contributed by atoms with van der Waals surface area (Å²) in [6, 6.07) is -0.438. The summed E-state index contributed by atoms with van der Waals surface area (Å²) in [7, 11) is -3.66. The van der Waals surface area contributed by atoms with E-state index in [1.807, 2.05) is 0 Å². The van der Waals surface area contributed by atoms with Gasteiger partial charge < -0.3 is 15.7 Å². The number of aliphatic hydroxyl groups excluding tert-OH is 1. The van der Waals surface area contributed by atoms with Crippen molar-refractivity contribution >= 4 is 7.52 Å². The minimum atomic E-state index is -3.66. The highest BCUT2D eigenvalue weighted by Gasteiger charge is 2.26. The van der Waals surface area contributed by atoms with Crippen LogP contribution in [0, 0.1) is 5.92 Å². The average molecular weight is 250 g/mol. The van der Waals surface area contributed by atoms with Crippen LogP contribution in [0.2, 0.25) is 0 Å². The van der Waals surface area contributed by atoms with Crippen molar-refractivity contribution in [2.24, 2.45) is 17.2 Å². The van der Waals surface area contributed by atoms with Crippen molar-refractivity contribution in [1.82, 2.24) is 0 Å². The first-order chi connectivity index (χ1) is 7.38. The number of hydrogen-bond acceptors (Lipinski definition) is 3. The molecule has 0 radical (unpaired) electrons. The van der Waals surface area contributed by atoms with E-state index in [1.54, 1.807) is 0 Å². The Kier molecular flexibility index (Phi) is 5.41. The first kappa shape index (κ1) is 14.1. The molecule has 1 saturated carbocycles. The number of aliphatic hydroxyl groups is 1. The first-order valence-corrected chi connectivity index (χ1v) is 7.84. The van der Waals surface area contributed by atoms with Crippen molar-refractivity contribution in [2.75, 3.05) is 6.16 Å². The highest BCUT2D eigenvalue weighted by Crippen LogP contribution is 2.33. The van der Waals surface area contributed by atoms with E-state index >= 15 is 0 Å². The molecular formula is C10H23N2O3P. The van der Waals surface area contributed by atoms with E-state index in [0.29, 0.717) is 5.92 Å². The van der Waals surface area contributed by atoms with Gasteiger partial charge in [0.2, 0.25) is 0 Å². The van der Waals surface area contributed by atoms with Crippen LogP contribution in [0.25, 0.3) is 0 Å². The maximum atomic E-state index is 10.9. The summed E-state index contributed by atoms with van der Waals surface area (Å²) in [6.07, 6.45) is 5.49. The quantitative estimate of drug-likeness (QED) is 0.539. The topological polar surface area (TPSA) is 110 Å². The van der Waals surface area contributed by atoms with Gasteiger partial charge in [0.15, 0.2) is 0 Å². The third-order valence-electron chi connectivity index (χ3n) is 3.27. The maximum absolute atomic E-state index is 10.9. The minimum Gasteiger partial charge on any atom is -0.391 e. The molecule has 1 rings (SSSR count). The summed E-state index contributed by atoms with van der Waals surface area (Å²) in [5.74, 6) is 0.550. The molecular weight excluding hydrogens is 227 g/mol. The van der Waals surface area contributed by atoms with Gasteiger partial charge in [-0.05, 0) is 12.3 Å². The summed E-state index contributed by atoms with van der Waals surface area (Å²) in [5, 5.41) is 9.65. The average Bonchev–Trinajstić information content (AvgIpc) is 2.16. The molecule has 6 heteroatoms. The van der Waals surface area contributed by atoms with Crippen LogP contribution in [0.3, 0.4) is 0 Å². The van der Waals surface area contributed by atoms with E-state index in [1.165, 1.54) is 19.3 Å². The van der Waals surface area contributed by atoms with E-state index in [2.05, 4.69) is 0 Å². The van der Waals surface area contributed by atoms with Crippen molar-refractivity contribution in [3.05, 3.63) is 0 Å². The molecule has 1 fully saturated rings. The molecule has 0 aliphatic heterocycles. The first-order valence-electron chi connectivity index (χ1n) is 5.92. The summed E-state index contributed by atoms with van der Waals surface area (Å²) >= 11 is 0. The van der Waals surface area contributed by atoms with E-state index < -0.39 is 19.7 Å². The van der Waals surface area contributed by atoms with E-state index in [9.17, 15) is 9.67 Å². The van der Waals surface area contributed by atoms with Crippen LogP contribution in [0.4, 0.5) is 0 Å². The van der Waals surface area contributed by atoms with Gasteiger partial charge >= 0.3 is 0 Å². The van der Waals surface area contributed by atoms with Crippen LogP contribution < -0.4 is 11.2 Å². The fraction of sp³-hybridized carbons (Fsp3) is 1.00. The van der Waals surface area contributed by atoms with E-state index in [4.69, 9.17) is 16.1 Å². The monoisotopic (exact) mass is 250 g/mol. The molecule has 0 saturated heterocycles. The summed E-state index contributed by atoms with van der Waals surface area (Å²) in [4.78, 5) is 8.96. The fourth-order valence-electron chi connectivity index (χ4n) is 2.37. The molecule has 0 aromatic heterocycles. The Morgan fingerprint density at radius 3 is 2.38 bits per heavy atom. The van der Waals surface area contributed by atoms with Crippen LogP contribution >= 0.6 is 7.52 Å². The largest absolute Gasteiger partial charge is 0.391 e. The molecule has 3 atom stereocenters. The predicted molar refractivity (Wildman–Crippen MR) is 64.1 cm³/mol. The maximum Gasteiger partial charge on any atom is 0.267 e. The van der Waals surface area contributed by atoms with Crippen molar-refractivity contribution < 1.29 is 14.6 Å². The lowest BCUT2D eigenvalue weighted by Gasteiger charge is -2.27. The van der Waals surface area contributed by atoms with Crippen LogP contribution in [-0.4, -0.2) is 28.3 Å². The number of hydrogen-bond donors (Lipinski definition) is 4. The Balaban J connectivity index is 2.32. The van der Waals surface area contributed by atoms with Gasteiger partial charge in [0.1, 0.15) is 0 Å². The Morgan fingerprint density at radius 1 is 1.31 bits per heavy atom. The lowest BCUT2D eigenvalue weighted by atomic mass is 9.84. The van der Waals surface area contributed by atoms with Crippen LogP contribution in [0.5, 0.6) is 0 Å². The molecule has 0 heterocycles. The molecule has 2 unspecified atom stereocenters. The van der Waals surface area contributed by atoms with Gasteiger partial charge in [-0.1, -0.05) is 32.1 Å². The van der Waals surface area contributed by atoms with Gasteiger partial charge in [0.25, 0.3) is 7.52 Å². The lowest BCUT2D eigenvalue weighted by Crippen LogP contribution is -2.39. The molecule has 1 aliphatic rings. The second-order valence-corrected chi connectivity index (χ2v) is 6.79. The van der Waals surface area contributed by atoms with Crippen molar-refractivity contribution in [1.29, 1.82) is 0 Å². The Labute approximate surface area is 96.7 Å². The van der Waals surface area contributed by atoms with Gasteiger partial charge in [-0.2, -0.15) is 0 Å². The van der Waals surface area contributed by atoms with Gasteiger partial charge in [-0.3, -0.25) is 10.1 Å². The SMILES string of the molecule is N[C@@H](CC1CCCCC1)C(O)CP(N)(=O)O. The van der Waals surface area contributed by atoms with Crippen LogP contribution in [-0.2, 0) is 4.57 Å². The van der Waals surface area contributed by atoms with Crippen molar-refractivity contribution in [2.45, 2.75) is 50.7 Å². The highest BCUT2D eigenvalue weighted by atomic mass is 31.2. The standard InChI is InChI=1S/C10H23N2O3P/c11-9(10(13)7-16(12,14)15)6-8-4-2-1-3-5-8/h8-10,13H,1-7,11H2,(H3,12,14,15)/t9-,10?/m0/s1. The summed E-state index contributed by atoms with van der Waals surface area (Å²) < 4.78 is 10.9. The van der Waals surface area contributed by atoms with Gasteiger partial charge in [0, 0.05) is 6.04 Å². The zero-order valence-corrected chi connectivity index (χ0v) is 10.5. The normalized spacial score (nSPS) is 26.0. The fourth-order valence-corrected chi connectivity index (χ4v) is 3.18. The molecule has 0 spiro atoms. The molecule has 6 N–H and O–H groups in total. The molecule has 0 bridgehead atoms. The van der Waals surface area contributed by atoms with Gasteiger partial charge in [0.05, 0.1) is 12.3 Å². The Morgan fingerprint density at radius 2 is 1.88 bits per heavy atom. The molecule has 96 valence electrons. The zero-order chi connectivity index (χ0) is 12.2. The molecule has 1 aliphatic carbocycles. The van der Waals surface area contributed by atoms with Gasteiger partial charge in [-0.25, -0.2) is 0 Å². The summed E-state index contributed by atoms with van der Waals surface area (Å²) in [5.41, 5.74) is 10.8. The highest BCUT2D eigenvalue weighted by molar-refractivity contribution is 7.55. The third-order valence-corrected chi connectivity index (χ3v) is 4.17. The molecule has 16 heavy (non-hydrogen) atoms. The summed E-state index contributed by atoms with van der Waals surface area (Å²) in [6.45, 7) is 0. The number of rotatable bonds is 5.